The molecule has 1 aromatic heterocycles. The number of para-hydroxylation sites is 1. The average molecular weight is 737 g/mol. The molecule has 8 N–H and O–H groups in total. The van der Waals surface area contributed by atoms with Crippen molar-refractivity contribution in [2.45, 2.75) is 76.5 Å². The second-order valence-corrected chi connectivity index (χ2v) is 13.1. The van der Waals surface area contributed by atoms with Gasteiger partial charge in [0.05, 0.1) is 6.04 Å². The van der Waals surface area contributed by atoms with Gasteiger partial charge in [0, 0.05) is 35.5 Å². The van der Waals surface area contributed by atoms with Gasteiger partial charge in [-0.3, -0.25) is 24.0 Å². The zero-order chi connectivity index (χ0) is 38.9. The van der Waals surface area contributed by atoms with Crippen LogP contribution in [0.5, 0.6) is 0 Å². The number of carbonyl (C=O) groups is 5. The Morgan fingerprint density at radius 3 is 2.02 bits per heavy atom. The first-order chi connectivity index (χ1) is 25.0. The number of aliphatic hydroxyl groups excluding tert-OH is 1. The van der Waals surface area contributed by atoms with Crippen LogP contribution in [0.15, 0.2) is 85.1 Å². The summed E-state index contributed by atoms with van der Waals surface area (Å²) in [6.07, 6.45) is -7.69. The van der Waals surface area contributed by atoms with E-state index in [1.54, 1.807) is 50.4 Å². The number of aromatic amines is 1. The predicted octanol–water partition coefficient (Wildman–Crippen LogP) is 3.50. The van der Waals surface area contributed by atoms with E-state index in [0.29, 0.717) is 11.1 Å². The van der Waals surface area contributed by atoms with Crippen LogP contribution < -0.4 is 27.0 Å². The van der Waals surface area contributed by atoms with Gasteiger partial charge in [0.15, 0.2) is 6.10 Å². The van der Waals surface area contributed by atoms with E-state index >= 15 is 0 Å². The minimum Gasteiger partial charge on any atom is -0.382 e. The third-order valence-corrected chi connectivity index (χ3v) is 8.72. The molecule has 4 rings (SSSR count). The topological polar surface area (TPSA) is 196 Å². The Morgan fingerprint density at radius 2 is 1.40 bits per heavy atom. The van der Waals surface area contributed by atoms with Crippen LogP contribution in [0.4, 0.5) is 13.2 Å². The lowest BCUT2D eigenvalue weighted by molar-refractivity contribution is -0.212. The van der Waals surface area contributed by atoms with Gasteiger partial charge in [0.2, 0.25) is 23.6 Å². The van der Waals surface area contributed by atoms with Gasteiger partial charge in [-0.1, -0.05) is 74.5 Å². The van der Waals surface area contributed by atoms with Crippen LogP contribution >= 0.6 is 0 Å². The molecule has 53 heavy (non-hydrogen) atoms. The molecule has 282 valence electrons. The van der Waals surface area contributed by atoms with E-state index in [2.05, 4.69) is 20.9 Å². The summed E-state index contributed by atoms with van der Waals surface area (Å²) in [5.41, 5.74) is 8.63. The predicted molar refractivity (Wildman–Crippen MR) is 192 cm³/mol. The molecule has 0 bridgehead atoms. The molecule has 2 unspecified atom stereocenters. The molecule has 0 spiro atoms. The third kappa shape index (κ3) is 10.9. The molecule has 0 aliphatic rings. The van der Waals surface area contributed by atoms with Crippen LogP contribution in [0, 0.1) is 5.92 Å². The first-order valence-corrected chi connectivity index (χ1v) is 17.0. The number of alkyl halides is 3. The molecular weight excluding hydrogens is 693 g/mol. The maximum Gasteiger partial charge on any atom is 0.416 e. The van der Waals surface area contributed by atoms with Gasteiger partial charge >= 0.3 is 6.18 Å². The number of nitrogens with two attached hydrogens (primary N) is 1. The van der Waals surface area contributed by atoms with E-state index in [1.165, 1.54) is 6.92 Å². The van der Waals surface area contributed by atoms with Gasteiger partial charge in [-0.25, -0.2) is 0 Å². The van der Waals surface area contributed by atoms with Crippen molar-refractivity contribution in [3.05, 3.63) is 96.2 Å². The molecule has 5 atom stereocenters. The summed E-state index contributed by atoms with van der Waals surface area (Å²) in [4.78, 5) is 68.2. The second kappa shape index (κ2) is 17.7. The molecule has 0 radical (unpaired) electrons. The number of carbonyl (C=O) groups excluding carboxylic acids is 5. The van der Waals surface area contributed by atoms with Crippen molar-refractivity contribution in [2.24, 2.45) is 11.7 Å². The van der Waals surface area contributed by atoms with Crippen LogP contribution in [-0.2, 0) is 25.6 Å². The monoisotopic (exact) mass is 736 g/mol. The van der Waals surface area contributed by atoms with Crippen molar-refractivity contribution in [1.82, 2.24) is 26.3 Å². The third-order valence-electron chi connectivity index (χ3n) is 8.72. The van der Waals surface area contributed by atoms with Crippen LogP contribution in [0.25, 0.3) is 22.0 Å². The highest BCUT2D eigenvalue weighted by Gasteiger charge is 2.44. The molecule has 15 heteroatoms. The highest BCUT2D eigenvalue weighted by molar-refractivity contribution is 5.99. The van der Waals surface area contributed by atoms with Crippen LogP contribution in [-0.4, -0.2) is 76.1 Å². The Kier molecular flexibility index (Phi) is 13.4. The fourth-order valence-corrected chi connectivity index (χ4v) is 5.72. The van der Waals surface area contributed by atoms with E-state index in [-0.39, 0.29) is 6.42 Å². The van der Waals surface area contributed by atoms with Crippen molar-refractivity contribution in [3.8, 4) is 11.1 Å². The van der Waals surface area contributed by atoms with E-state index in [9.17, 15) is 42.3 Å². The summed E-state index contributed by atoms with van der Waals surface area (Å²) >= 11 is 0. The minimum atomic E-state index is -5.12. The zero-order valence-electron chi connectivity index (χ0n) is 29.4. The standard InChI is InChI=1S/C38H43F3N6O6/c1-21(2)32(47-35(51)25-15-13-24(14-16-25)23-9-5-4-6-10-23)37(53)46-30(19-26-20-43-28-12-8-7-11-27(26)28)36(52)44-22(3)34(50)45-29(17-18-31(42)48)33(49)38(39,40)41/h4-16,20-22,29-30,32-33,43,49H,17-19H2,1-3H3,(H2,42,48)(H,44,52)(H,45,50)(H,46,53)(H,47,51)/t22-,29?,30-,32-,33?/m0/s1. The first-order valence-electron chi connectivity index (χ1n) is 17.0. The van der Waals surface area contributed by atoms with Crippen molar-refractivity contribution in [2.75, 3.05) is 0 Å². The van der Waals surface area contributed by atoms with Gasteiger partial charge in [-0.05, 0) is 54.2 Å². The SMILES string of the molecule is CC(C)[C@H](NC(=O)c1ccc(-c2ccccc2)cc1)C(=O)N[C@@H](Cc1c[nH]c2ccccc12)C(=O)N[C@@H](C)C(=O)NC(CCC(N)=O)C(O)C(F)(F)F. The van der Waals surface area contributed by atoms with Crippen molar-refractivity contribution < 1.29 is 42.3 Å². The fraction of sp³-hybridized carbons (Fsp3) is 0.342. The van der Waals surface area contributed by atoms with E-state index < -0.39 is 84.7 Å². The van der Waals surface area contributed by atoms with Gasteiger partial charge < -0.3 is 37.1 Å². The quantitative estimate of drug-likeness (QED) is 0.0920. The Morgan fingerprint density at radius 1 is 0.774 bits per heavy atom. The van der Waals surface area contributed by atoms with E-state index in [0.717, 1.165) is 22.0 Å². The number of halogens is 3. The molecule has 4 aromatic rings. The number of aromatic nitrogens is 1. The van der Waals surface area contributed by atoms with Gasteiger partial charge in [0.25, 0.3) is 5.91 Å². The Hall–Kier alpha value is -5.70. The van der Waals surface area contributed by atoms with Crippen LogP contribution in [0.1, 0.15) is 49.5 Å². The van der Waals surface area contributed by atoms with E-state index in [1.807, 2.05) is 53.8 Å². The summed E-state index contributed by atoms with van der Waals surface area (Å²) in [7, 11) is 0. The number of nitrogens with one attached hydrogen (secondary N) is 5. The van der Waals surface area contributed by atoms with Crippen molar-refractivity contribution in [3.63, 3.8) is 0 Å². The zero-order valence-corrected chi connectivity index (χ0v) is 29.4. The summed E-state index contributed by atoms with van der Waals surface area (Å²) in [5.74, 6) is -4.51. The van der Waals surface area contributed by atoms with E-state index in [4.69, 9.17) is 5.73 Å². The highest BCUT2D eigenvalue weighted by Crippen LogP contribution is 2.25. The molecule has 0 saturated carbocycles. The summed E-state index contributed by atoms with van der Waals surface area (Å²) < 4.78 is 40.0. The summed E-state index contributed by atoms with van der Waals surface area (Å²) in [5, 5.41) is 20.5. The molecule has 0 aliphatic carbocycles. The number of amides is 5. The highest BCUT2D eigenvalue weighted by atomic mass is 19.4. The number of rotatable bonds is 16. The van der Waals surface area contributed by atoms with Crippen molar-refractivity contribution >= 4 is 40.4 Å². The first kappa shape index (κ1) is 40.1. The number of H-pyrrole nitrogens is 1. The molecule has 0 aliphatic heterocycles. The normalized spacial score (nSPS) is 14.4. The summed E-state index contributed by atoms with van der Waals surface area (Å²) in [6, 6.07) is 17.9. The Bertz CT molecular complexity index is 1900. The molecule has 0 saturated heterocycles. The number of fused-ring (bicyclic) bond motifs is 1. The second-order valence-electron chi connectivity index (χ2n) is 13.1. The number of primary amides is 1. The molecule has 1 heterocycles. The van der Waals surface area contributed by atoms with Crippen LogP contribution in [0.2, 0.25) is 0 Å². The molecule has 12 nitrogen and oxygen atoms in total. The molecule has 0 fully saturated rings. The average Bonchev–Trinajstić information content (AvgIpc) is 3.53. The lowest BCUT2D eigenvalue weighted by Gasteiger charge is -2.28. The maximum absolute atomic E-state index is 13.8. The lowest BCUT2D eigenvalue weighted by atomic mass is 9.99. The van der Waals surface area contributed by atoms with Crippen LogP contribution in [0.3, 0.4) is 0 Å². The van der Waals surface area contributed by atoms with Gasteiger partial charge in [-0.2, -0.15) is 13.2 Å². The molecular formula is C38H43F3N6O6. The smallest absolute Gasteiger partial charge is 0.382 e. The lowest BCUT2D eigenvalue weighted by Crippen LogP contribution is -2.59. The van der Waals surface area contributed by atoms with Gasteiger partial charge in [-0.15, -0.1) is 0 Å². The Balaban J connectivity index is 1.52. The largest absolute Gasteiger partial charge is 0.416 e. The number of hydrogen-bond acceptors (Lipinski definition) is 6. The molecule has 3 aromatic carbocycles. The minimum absolute atomic E-state index is 0.0658. The maximum atomic E-state index is 13.8. The number of hydrogen-bond donors (Lipinski definition) is 7. The molecule has 5 amide bonds. The van der Waals surface area contributed by atoms with Crippen molar-refractivity contribution in [1.29, 1.82) is 0 Å². The summed E-state index contributed by atoms with van der Waals surface area (Å²) in [6.45, 7) is 4.64. The fourth-order valence-electron chi connectivity index (χ4n) is 5.72. The number of aliphatic hydroxyl groups is 1. The Labute approximate surface area is 304 Å². The van der Waals surface area contributed by atoms with Gasteiger partial charge in [0.1, 0.15) is 18.1 Å². The number of benzene rings is 3.